The van der Waals surface area contributed by atoms with Crippen molar-refractivity contribution in [2.75, 3.05) is 18.4 Å². The molecule has 28 heavy (non-hydrogen) atoms. The van der Waals surface area contributed by atoms with Crippen LogP contribution >= 0.6 is 0 Å². The number of imidazole rings is 1. The average Bonchev–Trinajstić information content (AvgIpc) is 3.06. The van der Waals surface area contributed by atoms with Crippen LogP contribution < -0.4 is 5.32 Å². The molecule has 2 amide bonds. The van der Waals surface area contributed by atoms with Gasteiger partial charge < -0.3 is 14.8 Å². The number of carbonyl (C=O) groups is 1. The summed E-state index contributed by atoms with van der Waals surface area (Å²) in [5.74, 6) is 0.0831. The molecule has 4 rings (SSSR count). The molecule has 0 saturated carbocycles. The number of nitrogens with zero attached hydrogens (tertiary/aromatic N) is 3. The summed E-state index contributed by atoms with van der Waals surface area (Å²) >= 11 is 0. The number of fused-ring (bicyclic) bond motifs is 1. The van der Waals surface area contributed by atoms with Crippen molar-refractivity contribution in [1.29, 1.82) is 0 Å². The molecule has 146 valence electrons. The number of urea groups is 1. The first-order chi connectivity index (χ1) is 13.5. The summed E-state index contributed by atoms with van der Waals surface area (Å²) in [6.45, 7) is 6.49. The summed E-state index contributed by atoms with van der Waals surface area (Å²) in [6, 6.07) is 10.4. The molecule has 2 aromatic carbocycles. The first-order valence-corrected chi connectivity index (χ1v) is 9.74. The smallest absolute Gasteiger partial charge is 0.321 e. The fourth-order valence-electron chi connectivity index (χ4n) is 3.81. The molecule has 1 saturated heterocycles. The summed E-state index contributed by atoms with van der Waals surface area (Å²) in [7, 11) is 0. The molecular formula is C22H25FN4O. The summed E-state index contributed by atoms with van der Waals surface area (Å²) in [5.41, 5.74) is 4.96. The normalized spacial score (nSPS) is 15.2. The molecular weight excluding hydrogens is 355 g/mol. The van der Waals surface area contributed by atoms with Gasteiger partial charge in [0, 0.05) is 19.6 Å². The number of benzene rings is 2. The predicted molar refractivity (Wildman–Crippen MR) is 109 cm³/mol. The number of piperidine rings is 1. The van der Waals surface area contributed by atoms with Gasteiger partial charge in [-0.05, 0) is 68.0 Å². The van der Waals surface area contributed by atoms with Crippen molar-refractivity contribution in [2.45, 2.75) is 33.2 Å². The third-order valence-electron chi connectivity index (χ3n) is 5.71. The number of anilines is 1. The van der Waals surface area contributed by atoms with Crippen molar-refractivity contribution in [2.24, 2.45) is 5.92 Å². The maximum absolute atomic E-state index is 13.7. The van der Waals surface area contributed by atoms with Crippen LogP contribution in [0.2, 0.25) is 0 Å². The van der Waals surface area contributed by atoms with Crippen LogP contribution in [0.4, 0.5) is 14.9 Å². The van der Waals surface area contributed by atoms with Crippen molar-refractivity contribution in [3.05, 3.63) is 59.7 Å². The molecule has 0 unspecified atom stereocenters. The van der Waals surface area contributed by atoms with E-state index in [1.807, 2.05) is 6.33 Å². The van der Waals surface area contributed by atoms with Crippen molar-refractivity contribution in [1.82, 2.24) is 14.5 Å². The van der Waals surface area contributed by atoms with Crippen LogP contribution in [-0.2, 0) is 6.54 Å². The van der Waals surface area contributed by atoms with Gasteiger partial charge in [-0.1, -0.05) is 12.1 Å². The molecule has 3 aromatic rings. The highest BCUT2D eigenvalue weighted by Gasteiger charge is 2.24. The number of para-hydroxylation sites is 1. The number of carbonyl (C=O) groups excluding carboxylic acids is 1. The van der Waals surface area contributed by atoms with E-state index >= 15 is 0 Å². The minimum absolute atomic E-state index is 0.227. The number of rotatable bonds is 3. The van der Waals surface area contributed by atoms with Gasteiger partial charge in [0.1, 0.15) is 5.82 Å². The van der Waals surface area contributed by atoms with Crippen LogP contribution in [0.3, 0.4) is 0 Å². The van der Waals surface area contributed by atoms with Crippen LogP contribution in [0.5, 0.6) is 0 Å². The van der Waals surface area contributed by atoms with Gasteiger partial charge in [-0.3, -0.25) is 0 Å². The molecule has 5 nitrogen and oxygen atoms in total. The van der Waals surface area contributed by atoms with E-state index < -0.39 is 5.82 Å². The lowest BCUT2D eigenvalue weighted by Crippen LogP contribution is -2.41. The summed E-state index contributed by atoms with van der Waals surface area (Å²) in [6.07, 6.45) is 3.77. The monoisotopic (exact) mass is 380 g/mol. The van der Waals surface area contributed by atoms with Crippen molar-refractivity contribution in [3.63, 3.8) is 0 Å². The lowest BCUT2D eigenvalue weighted by atomic mass is 9.97. The maximum atomic E-state index is 13.7. The second-order valence-corrected chi connectivity index (χ2v) is 7.66. The number of likely N-dealkylation sites (tertiary alicyclic amines) is 1. The van der Waals surface area contributed by atoms with E-state index in [4.69, 9.17) is 0 Å². The number of hydrogen-bond donors (Lipinski definition) is 1. The van der Waals surface area contributed by atoms with Gasteiger partial charge in [-0.25, -0.2) is 14.2 Å². The largest absolute Gasteiger partial charge is 0.330 e. The second-order valence-electron chi connectivity index (χ2n) is 7.66. The Kier molecular flexibility index (Phi) is 5.03. The van der Waals surface area contributed by atoms with E-state index in [2.05, 4.69) is 40.8 Å². The number of hydrogen-bond acceptors (Lipinski definition) is 2. The van der Waals surface area contributed by atoms with Gasteiger partial charge in [0.05, 0.1) is 23.0 Å². The summed E-state index contributed by atoms with van der Waals surface area (Å²) in [5, 5.41) is 2.67. The van der Waals surface area contributed by atoms with Crippen LogP contribution in [0.1, 0.15) is 24.0 Å². The van der Waals surface area contributed by atoms with Crippen LogP contribution in [0.15, 0.2) is 42.7 Å². The fourth-order valence-corrected chi connectivity index (χ4v) is 3.81. The number of aryl methyl sites for hydroxylation is 2. The zero-order valence-electron chi connectivity index (χ0n) is 16.3. The zero-order valence-corrected chi connectivity index (χ0v) is 16.3. The zero-order chi connectivity index (χ0) is 19.7. The molecule has 2 heterocycles. The molecule has 0 atom stereocenters. The van der Waals surface area contributed by atoms with Crippen LogP contribution in [0.25, 0.3) is 11.0 Å². The number of aromatic nitrogens is 2. The summed E-state index contributed by atoms with van der Waals surface area (Å²) in [4.78, 5) is 18.7. The fraction of sp³-hybridized carbons (Fsp3) is 0.364. The third kappa shape index (κ3) is 3.72. The lowest BCUT2D eigenvalue weighted by molar-refractivity contribution is 0.177. The summed E-state index contributed by atoms with van der Waals surface area (Å²) < 4.78 is 16.0. The van der Waals surface area contributed by atoms with Gasteiger partial charge >= 0.3 is 6.03 Å². The standard InChI is InChI=1S/C22H25FN4O/c1-15-11-20-21(12-16(15)2)27(14-24-20)13-17-7-9-26(10-8-17)22(28)25-19-6-4-3-5-18(19)23/h3-6,11-12,14,17H,7-10,13H2,1-2H3,(H,25,28). The SMILES string of the molecule is Cc1cc2ncn(CC3CCN(C(=O)Nc4ccccc4F)CC3)c2cc1C. The van der Waals surface area contributed by atoms with E-state index in [9.17, 15) is 9.18 Å². The Balaban J connectivity index is 1.36. The van der Waals surface area contributed by atoms with Gasteiger partial charge in [0.25, 0.3) is 0 Å². The minimum atomic E-state index is -0.414. The number of amides is 2. The molecule has 1 aliphatic rings. The van der Waals surface area contributed by atoms with Gasteiger partial charge in [0.2, 0.25) is 0 Å². The van der Waals surface area contributed by atoms with Crippen LogP contribution in [-0.4, -0.2) is 33.6 Å². The first kappa shape index (κ1) is 18.5. The van der Waals surface area contributed by atoms with Crippen molar-refractivity contribution in [3.8, 4) is 0 Å². The Bertz CT molecular complexity index is 1000. The highest BCUT2D eigenvalue weighted by molar-refractivity contribution is 5.89. The second kappa shape index (κ2) is 7.62. The van der Waals surface area contributed by atoms with E-state index in [0.29, 0.717) is 19.0 Å². The Hall–Kier alpha value is -2.89. The number of nitrogens with one attached hydrogen (secondary N) is 1. The molecule has 1 aliphatic heterocycles. The topological polar surface area (TPSA) is 50.2 Å². The maximum Gasteiger partial charge on any atom is 0.321 e. The average molecular weight is 380 g/mol. The highest BCUT2D eigenvalue weighted by Crippen LogP contribution is 2.24. The van der Waals surface area contributed by atoms with E-state index in [1.54, 1.807) is 23.1 Å². The Labute approximate surface area is 164 Å². The highest BCUT2D eigenvalue weighted by atomic mass is 19.1. The van der Waals surface area contributed by atoms with Crippen molar-refractivity contribution < 1.29 is 9.18 Å². The van der Waals surface area contributed by atoms with Gasteiger partial charge in [-0.15, -0.1) is 0 Å². The van der Waals surface area contributed by atoms with Crippen molar-refractivity contribution >= 4 is 22.8 Å². The lowest BCUT2D eigenvalue weighted by Gasteiger charge is -2.32. The molecule has 0 radical (unpaired) electrons. The molecule has 1 fully saturated rings. The molecule has 0 aliphatic carbocycles. The molecule has 1 aromatic heterocycles. The Morgan fingerprint density at radius 1 is 1.18 bits per heavy atom. The minimum Gasteiger partial charge on any atom is -0.330 e. The Morgan fingerprint density at radius 3 is 2.64 bits per heavy atom. The van der Waals surface area contributed by atoms with E-state index in [1.165, 1.54) is 22.7 Å². The molecule has 6 heteroatoms. The molecule has 0 bridgehead atoms. The molecule has 0 spiro atoms. The van der Waals surface area contributed by atoms with E-state index in [-0.39, 0.29) is 11.7 Å². The number of halogens is 1. The quantitative estimate of drug-likeness (QED) is 0.714. The predicted octanol–water partition coefficient (Wildman–Crippen LogP) is 4.74. The van der Waals surface area contributed by atoms with Gasteiger partial charge in [0.15, 0.2) is 0 Å². The van der Waals surface area contributed by atoms with E-state index in [0.717, 1.165) is 24.9 Å². The van der Waals surface area contributed by atoms with Gasteiger partial charge in [-0.2, -0.15) is 0 Å². The molecule has 1 N–H and O–H groups in total. The third-order valence-corrected chi connectivity index (χ3v) is 5.71. The van der Waals surface area contributed by atoms with Crippen LogP contribution in [0, 0.1) is 25.6 Å². The Morgan fingerprint density at radius 2 is 1.89 bits per heavy atom. The first-order valence-electron chi connectivity index (χ1n) is 9.74.